The molecule has 0 N–H and O–H groups in total. The molecule has 0 aromatic heterocycles. The van der Waals surface area contributed by atoms with Crippen molar-refractivity contribution in [3.63, 3.8) is 0 Å². The van der Waals surface area contributed by atoms with Crippen molar-refractivity contribution in [2.45, 2.75) is 71.1 Å². The molecule has 0 bridgehead atoms. The zero-order chi connectivity index (χ0) is 21.0. The number of hydrogen-bond donors (Lipinski definition) is 0. The minimum atomic E-state index is 0.671. The lowest BCUT2D eigenvalue weighted by Gasteiger charge is -2.27. The zero-order valence-corrected chi connectivity index (χ0v) is 18.7. The largest absolute Gasteiger partial charge is 0.494 e. The third-order valence-electron chi connectivity index (χ3n) is 6.05. The van der Waals surface area contributed by atoms with Crippen LogP contribution in [0.15, 0.2) is 60.7 Å². The van der Waals surface area contributed by atoms with Crippen LogP contribution in [0.1, 0.15) is 81.4 Å². The van der Waals surface area contributed by atoms with E-state index in [4.69, 9.17) is 4.74 Å². The molecule has 2 aromatic carbocycles. The van der Waals surface area contributed by atoms with Gasteiger partial charge >= 0.3 is 0 Å². The molecule has 1 aliphatic rings. The summed E-state index contributed by atoms with van der Waals surface area (Å²) in [5.74, 6) is 8.78. The highest BCUT2D eigenvalue weighted by Crippen LogP contribution is 2.36. The van der Waals surface area contributed by atoms with Crippen LogP contribution in [0.2, 0.25) is 0 Å². The highest BCUT2D eigenvalue weighted by molar-refractivity contribution is 5.40. The first-order valence-corrected chi connectivity index (χ1v) is 11.8. The van der Waals surface area contributed by atoms with E-state index in [1.807, 2.05) is 24.3 Å². The summed E-state index contributed by atoms with van der Waals surface area (Å²) in [7, 11) is 0. The highest BCUT2D eigenvalue weighted by atomic mass is 16.5. The van der Waals surface area contributed by atoms with Crippen molar-refractivity contribution in [2.75, 3.05) is 6.61 Å². The van der Waals surface area contributed by atoms with Crippen LogP contribution in [0.5, 0.6) is 5.75 Å². The zero-order valence-electron chi connectivity index (χ0n) is 18.7. The second kappa shape index (κ2) is 12.3. The first-order chi connectivity index (χ1) is 14.8. The van der Waals surface area contributed by atoms with Gasteiger partial charge in [0, 0.05) is 5.56 Å². The van der Waals surface area contributed by atoms with Gasteiger partial charge in [0.1, 0.15) is 5.75 Å². The Labute approximate surface area is 183 Å². The first-order valence-electron chi connectivity index (χ1n) is 11.8. The Bertz CT molecular complexity index is 825. The summed E-state index contributed by atoms with van der Waals surface area (Å²) >= 11 is 0. The lowest BCUT2D eigenvalue weighted by Crippen LogP contribution is -2.11. The van der Waals surface area contributed by atoms with E-state index in [1.54, 1.807) is 0 Å². The third kappa shape index (κ3) is 7.10. The van der Waals surface area contributed by atoms with Crippen LogP contribution in [0.3, 0.4) is 0 Å². The predicted molar refractivity (Wildman–Crippen MR) is 128 cm³/mol. The van der Waals surface area contributed by atoms with Crippen molar-refractivity contribution < 1.29 is 4.74 Å². The van der Waals surface area contributed by atoms with E-state index in [9.17, 15) is 0 Å². The molecular formula is C29H36O. The second-order valence-corrected chi connectivity index (χ2v) is 8.46. The molecule has 1 nitrogen and oxygen atoms in total. The molecule has 1 fully saturated rings. The number of unbranched alkanes of at least 4 members (excludes halogenated alkanes) is 1. The molecule has 1 heteroatoms. The fourth-order valence-corrected chi connectivity index (χ4v) is 4.17. The van der Waals surface area contributed by atoms with Crippen LogP contribution >= 0.6 is 0 Å². The molecule has 0 saturated heterocycles. The molecule has 0 radical (unpaired) electrons. The lowest BCUT2D eigenvalue weighted by molar-refractivity contribution is 0.309. The summed E-state index contributed by atoms with van der Waals surface area (Å²) in [6.45, 7) is 5.21. The van der Waals surface area contributed by atoms with Gasteiger partial charge in [0.2, 0.25) is 0 Å². The fraction of sp³-hybridized carbons (Fsp3) is 0.448. The Morgan fingerprint density at radius 1 is 0.900 bits per heavy atom. The van der Waals surface area contributed by atoms with E-state index in [0.29, 0.717) is 5.92 Å². The number of hydrogen-bond acceptors (Lipinski definition) is 1. The first kappa shape index (κ1) is 22.2. The SMILES string of the molecule is CCCCOc1ccc(C#C/C=C/[C@H]2CC[C@H](c3ccc(CCC)cc3)CC2)cc1. The summed E-state index contributed by atoms with van der Waals surface area (Å²) in [4.78, 5) is 0. The van der Waals surface area contributed by atoms with E-state index >= 15 is 0 Å². The van der Waals surface area contributed by atoms with Crippen LogP contribution in [-0.2, 0) is 6.42 Å². The second-order valence-electron chi connectivity index (χ2n) is 8.46. The summed E-state index contributed by atoms with van der Waals surface area (Å²) in [5.41, 5.74) is 4.03. The van der Waals surface area contributed by atoms with E-state index < -0.39 is 0 Å². The van der Waals surface area contributed by atoms with E-state index in [2.05, 4.69) is 62.1 Å². The number of ether oxygens (including phenoxy) is 1. The maximum Gasteiger partial charge on any atom is 0.119 e. The third-order valence-corrected chi connectivity index (χ3v) is 6.05. The van der Waals surface area contributed by atoms with Gasteiger partial charge in [-0.05, 0) is 91.8 Å². The van der Waals surface area contributed by atoms with Crippen molar-refractivity contribution in [2.24, 2.45) is 5.92 Å². The average Bonchev–Trinajstić information content (AvgIpc) is 2.79. The molecule has 0 heterocycles. The van der Waals surface area contributed by atoms with Gasteiger partial charge in [0.05, 0.1) is 6.61 Å². The molecule has 0 spiro atoms. The quantitative estimate of drug-likeness (QED) is 0.326. The minimum Gasteiger partial charge on any atom is -0.494 e. The average molecular weight is 401 g/mol. The standard InChI is InChI=1S/C29H36O/c1-3-5-23-30-29-21-15-26(16-22-29)10-7-6-9-25-13-19-28(20-14-25)27-17-11-24(8-4-2)12-18-27/h6,9,11-12,15-18,21-22,25,28H,3-5,8,13-14,19-20,23H2,1-2H3/b9-6+/t25-,28-. The van der Waals surface area contributed by atoms with Gasteiger partial charge in [0.15, 0.2) is 0 Å². The Morgan fingerprint density at radius 3 is 2.30 bits per heavy atom. The molecule has 0 unspecified atom stereocenters. The van der Waals surface area contributed by atoms with Crippen LogP contribution in [-0.4, -0.2) is 6.61 Å². The molecule has 158 valence electrons. The number of allylic oxidation sites excluding steroid dienone is 2. The number of rotatable bonds is 8. The van der Waals surface area contributed by atoms with E-state index in [1.165, 1.54) is 49.7 Å². The molecule has 1 aliphatic carbocycles. The maximum absolute atomic E-state index is 5.70. The van der Waals surface area contributed by atoms with Crippen LogP contribution in [0.25, 0.3) is 0 Å². The van der Waals surface area contributed by atoms with Gasteiger partial charge in [-0.1, -0.05) is 68.9 Å². The Balaban J connectivity index is 1.43. The van der Waals surface area contributed by atoms with Crippen molar-refractivity contribution in [1.29, 1.82) is 0 Å². The molecule has 1 saturated carbocycles. The number of benzene rings is 2. The smallest absolute Gasteiger partial charge is 0.119 e. The summed E-state index contributed by atoms with van der Waals surface area (Å²) in [5, 5.41) is 0. The van der Waals surface area contributed by atoms with Gasteiger partial charge in [-0.25, -0.2) is 0 Å². The maximum atomic E-state index is 5.70. The van der Waals surface area contributed by atoms with Crippen molar-refractivity contribution in [3.8, 4) is 17.6 Å². The normalized spacial score (nSPS) is 18.7. The van der Waals surface area contributed by atoms with Crippen molar-refractivity contribution in [1.82, 2.24) is 0 Å². The molecule has 0 aliphatic heterocycles. The summed E-state index contributed by atoms with van der Waals surface area (Å²) in [6, 6.07) is 17.5. The van der Waals surface area contributed by atoms with E-state index in [0.717, 1.165) is 36.7 Å². The van der Waals surface area contributed by atoms with Crippen LogP contribution in [0.4, 0.5) is 0 Å². The summed E-state index contributed by atoms with van der Waals surface area (Å²) in [6.07, 6.45) is 14.1. The lowest BCUT2D eigenvalue weighted by atomic mass is 9.78. The topological polar surface area (TPSA) is 9.23 Å². The summed E-state index contributed by atoms with van der Waals surface area (Å²) < 4.78 is 5.70. The molecular weight excluding hydrogens is 364 g/mol. The molecule has 30 heavy (non-hydrogen) atoms. The van der Waals surface area contributed by atoms with E-state index in [-0.39, 0.29) is 0 Å². The van der Waals surface area contributed by atoms with Crippen LogP contribution in [0, 0.1) is 17.8 Å². The monoisotopic (exact) mass is 400 g/mol. The molecule has 2 aromatic rings. The minimum absolute atomic E-state index is 0.671. The van der Waals surface area contributed by atoms with Gasteiger partial charge in [0.25, 0.3) is 0 Å². The van der Waals surface area contributed by atoms with Crippen molar-refractivity contribution >= 4 is 0 Å². The highest BCUT2D eigenvalue weighted by Gasteiger charge is 2.20. The van der Waals surface area contributed by atoms with Gasteiger partial charge in [-0.15, -0.1) is 0 Å². The Hall–Kier alpha value is -2.46. The Morgan fingerprint density at radius 2 is 1.63 bits per heavy atom. The van der Waals surface area contributed by atoms with Crippen LogP contribution < -0.4 is 4.74 Å². The van der Waals surface area contributed by atoms with Crippen molar-refractivity contribution in [3.05, 3.63) is 77.4 Å². The number of aryl methyl sites for hydroxylation is 1. The van der Waals surface area contributed by atoms with Gasteiger partial charge in [-0.2, -0.15) is 0 Å². The van der Waals surface area contributed by atoms with Gasteiger partial charge in [-0.3, -0.25) is 0 Å². The predicted octanol–water partition coefficient (Wildman–Crippen LogP) is 7.70. The Kier molecular flexibility index (Phi) is 9.10. The van der Waals surface area contributed by atoms with Gasteiger partial charge < -0.3 is 4.74 Å². The molecule has 0 atom stereocenters. The molecule has 3 rings (SSSR count). The molecule has 0 amide bonds. The fourth-order valence-electron chi connectivity index (χ4n) is 4.17.